The summed E-state index contributed by atoms with van der Waals surface area (Å²) in [5.41, 5.74) is 8.53. The summed E-state index contributed by atoms with van der Waals surface area (Å²) in [7, 11) is 0. The molecule has 3 nitrogen and oxygen atoms in total. The molecule has 0 spiro atoms. The van der Waals surface area contributed by atoms with E-state index in [-0.39, 0.29) is 0 Å². The molecule has 3 heteroatoms. The van der Waals surface area contributed by atoms with E-state index in [4.69, 9.17) is 4.42 Å². The van der Waals surface area contributed by atoms with Crippen molar-refractivity contribution in [3.05, 3.63) is 182 Å². The molecule has 0 saturated heterocycles. The normalized spacial score (nSPS) is 11.9. The Bertz CT molecular complexity index is 3150. The summed E-state index contributed by atoms with van der Waals surface area (Å²) in [5.74, 6) is 0. The quantitative estimate of drug-likeness (QED) is 0.177. The average molecular weight is 651 g/mol. The van der Waals surface area contributed by atoms with Crippen molar-refractivity contribution in [2.75, 3.05) is 4.90 Å². The molecule has 0 aliphatic rings. The molecular formula is C48H30N2O. The summed E-state index contributed by atoms with van der Waals surface area (Å²) >= 11 is 0. The lowest BCUT2D eigenvalue weighted by Gasteiger charge is -2.29. The molecule has 0 radical (unpaired) electrons. The molecule has 9 aromatic carbocycles. The highest BCUT2D eigenvalue weighted by Crippen LogP contribution is 2.48. The third-order valence-electron chi connectivity index (χ3n) is 10.5. The molecule has 0 fully saturated rings. The van der Waals surface area contributed by atoms with Gasteiger partial charge in [0, 0.05) is 38.3 Å². The summed E-state index contributed by atoms with van der Waals surface area (Å²) in [6.07, 6.45) is 0. The van der Waals surface area contributed by atoms with Gasteiger partial charge in [-0.1, -0.05) is 127 Å². The summed E-state index contributed by atoms with van der Waals surface area (Å²) < 4.78 is 8.77. The van der Waals surface area contributed by atoms with Gasteiger partial charge in [-0.15, -0.1) is 0 Å². The lowest BCUT2D eigenvalue weighted by atomic mass is 9.95. The first-order valence-corrected chi connectivity index (χ1v) is 17.4. The molecule has 0 bridgehead atoms. The van der Waals surface area contributed by atoms with Crippen LogP contribution in [0.3, 0.4) is 0 Å². The summed E-state index contributed by atoms with van der Waals surface area (Å²) in [5, 5.41) is 12.0. The molecule has 0 N–H and O–H groups in total. The average Bonchev–Trinajstić information content (AvgIpc) is 3.74. The minimum absolute atomic E-state index is 0.880. The van der Waals surface area contributed by atoms with Gasteiger partial charge in [-0.05, 0) is 81.5 Å². The smallest absolute Gasteiger partial charge is 0.135 e. The van der Waals surface area contributed by atoms with Gasteiger partial charge in [0.05, 0.1) is 22.4 Å². The first-order chi connectivity index (χ1) is 25.3. The Morgan fingerprint density at radius 3 is 1.92 bits per heavy atom. The molecule has 238 valence electrons. The van der Waals surface area contributed by atoms with Crippen LogP contribution < -0.4 is 4.90 Å². The fraction of sp³-hybridized carbons (Fsp3) is 0. The third kappa shape index (κ3) is 4.12. The number of fused-ring (bicyclic) bond motifs is 11. The fourth-order valence-electron chi connectivity index (χ4n) is 8.31. The number of aromatic nitrogens is 1. The van der Waals surface area contributed by atoms with Crippen LogP contribution in [-0.2, 0) is 0 Å². The van der Waals surface area contributed by atoms with Gasteiger partial charge >= 0.3 is 0 Å². The number of rotatable bonds is 4. The highest BCUT2D eigenvalue weighted by Gasteiger charge is 2.24. The number of nitrogens with zero attached hydrogens (tertiary/aromatic N) is 2. The Balaban J connectivity index is 1.32. The van der Waals surface area contributed by atoms with E-state index in [0.29, 0.717) is 0 Å². The van der Waals surface area contributed by atoms with Gasteiger partial charge in [0.2, 0.25) is 0 Å². The van der Waals surface area contributed by atoms with E-state index >= 15 is 0 Å². The highest BCUT2D eigenvalue weighted by atomic mass is 16.3. The molecular weight excluding hydrogens is 621 g/mol. The van der Waals surface area contributed by atoms with E-state index in [0.717, 1.165) is 50.2 Å². The first kappa shape index (κ1) is 28.0. The minimum atomic E-state index is 0.880. The van der Waals surface area contributed by atoms with Crippen molar-refractivity contribution in [1.82, 2.24) is 4.57 Å². The van der Waals surface area contributed by atoms with Crippen LogP contribution >= 0.6 is 0 Å². The van der Waals surface area contributed by atoms with Gasteiger partial charge in [-0.3, -0.25) is 0 Å². The Hall–Kier alpha value is -6.84. The van der Waals surface area contributed by atoms with Crippen molar-refractivity contribution < 1.29 is 4.42 Å². The van der Waals surface area contributed by atoms with Crippen LogP contribution in [0.4, 0.5) is 17.1 Å². The van der Waals surface area contributed by atoms with Crippen molar-refractivity contribution >= 4 is 93.1 Å². The third-order valence-corrected chi connectivity index (χ3v) is 10.5. The largest absolute Gasteiger partial charge is 0.456 e. The molecule has 2 aromatic heterocycles. The zero-order valence-electron chi connectivity index (χ0n) is 27.6. The number of furan rings is 1. The standard InChI is InChI=1S/C48H30N2O/c1-2-14-32(15-3-1)50-43-22-10-8-19-38(43)40-21-12-23-44(48(40)50)49(33-26-28-47-42(29-33)39-20-9-11-24-46(39)51-47)45-30-41-34-16-5-4-13-31(34)25-27-36(41)35-17-6-7-18-37(35)45/h1-30H. The van der Waals surface area contributed by atoms with E-state index in [9.17, 15) is 0 Å². The van der Waals surface area contributed by atoms with Crippen LogP contribution in [0.1, 0.15) is 0 Å². The van der Waals surface area contributed by atoms with Crippen molar-refractivity contribution in [1.29, 1.82) is 0 Å². The second-order valence-electron chi connectivity index (χ2n) is 13.3. The second kappa shape index (κ2) is 10.8. The molecule has 2 heterocycles. The summed E-state index contributed by atoms with van der Waals surface area (Å²) in [6, 6.07) is 65.7. The number of hydrogen-bond donors (Lipinski definition) is 0. The van der Waals surface area contributed by atoms with E-state index < -0.39 is 0 Å². The van der Waals surface area contributed by atoms with Crippen molar-refractivity contribution in [3.8, 4) is 5.69 Å². The molecule has 11 rings (SSSR count). The van der Waals surface area contributed by atoms with Gasteiger partial charge in [0.15, 0.2) is 0 Å². The van der Waals surface area contributed by atoms with Crippen LogP contribution in [0.25, 0.3) is 81.7 Å². The zero-order valence-corrected chi connectivity index (χ0v) is 27.6. The van der Waals surface area contributed by atoms with Crippen molar-refractivity contribution in [2.45, 2.75) is 0 Å². The van der Waals surface area contributed by atoms with Crippen molar-refractivity contribution in [3.63, 3.8) is 0 Å². The van der Waals surface area contributed by atoms with E-state index in [2.05, 4.69) is 179 Å². The van der Waals surface area contributed by atoms with Crippen LogP contribution in [0.2, 0.25) is 0 Å². The SMILES string of the molecule is c1ccc(-n2c3ccccc3c3cccc(N(c4ccc5oc6ccccc6c5c4)c4cc5c6ccccc6ccc5c5ccccc45)c32)cc1. The van der Waals surface area contributed by atoms with Crippen LogP contribution in [-0.4, -0.2) is 4.57 Å². The molecule has 11 aromatic rings. The Morgan fingerprint density at radius 1 is 0.373 bits per heavy atom. The molecule has 0 unspecified atom stereocenters. The maximum atomic E-state index is 6.34. The van der Waals surface area contributed by atoms with Gasteiger partial charge in [-0.2, -0.15) is 0 Å². The van der Waals surface area contributed by atoms with Gasteiger partial charge in [0.25, 0.3) is 0 Å². The van der Waals surface area contributed by atoms with E-state index in [1.165, 1.54) is 48.6 Å². The van der Waals surface area contributed by atoms with Gasteiger partial charge in [-0.25, -0.2) is 0 Å². The minimum Gasteiger partial charge on any atom is -0.456 e. The van der Waals surface area contributed by atoms with Crippen LogP contribution in [0, 0.1) is 0 Å². The molecule has 0 aliphatic carbocycles. The Kier molecular flexibility index (Phi) is 5.96. The predicted molar refractivity (Wildman–Crippen MR) is 215 cm³/mol. The first-order valence-electron chi connectivity index (χ1n) is 17.4. The maximum absolute atomic E-state index is 6.34. The lowest BCUT2D eigenvalue weighted by Crippen LogP contribution is -2.12. The topological polar surface area (TPSA) is 21.3 Å². The number of para-hydroxylation sites is 4. The zero-order chi connectivity index (χ0) is 33.5. The second-order valence-corrected chi connectivity index (χ2v) is 13.3. The summed E-state index contributed by atoms with van der Waals surface area (Å²) in [6.45, 7) is 0. The molecule has 0 saturated carbocycles. The number of hydrogen-bond acceptors (Lipinski definition) is 2. The molecule has 0 aliphatic heterocycles. The monoisotopic (exact) mass is 650 g/mol. The number of benzene rings is 9. The molecule has 0 amide bonds. The van der Waals surface area contributed by atoms with Gasteiger partial charge < -0.3 is 13.9 Å². The summed E-state index contributed by atoms with van der Waals surface area (Å²) in [4.78, 5) is 2.48. The fourth-order valence-corrected chi connectivity index (χ4v) is 8.31. The predicted octanol–water partition coefficient (Wildman–Crippen LogP) is 13.6. The Morgan fingerprint density at radius 2 is 1.04 bits per heavy atom. The van der Waals surface area contributed by atoms with Crippen LogP contribution in [0.5, 0.6) is 0 Å². The van der Waals surface area contributed by atoms with Crippen LogP contribution in [0.15, 0.2) is 186 Å². The molecule has 51 heavy (non-hydrogen) atoms. The lowest BCUT2D eigenvalue weighted by molar-refractivity contribution is 0.669. The molecule has 0 atom stereocenters. The highest BCUT2D eigenvalue weighted by molar-refractivity contribution is 6.23. The van der Waals surface area contributed by atoms with Crippen molar-refractivity contribution in [2.24, 2.45) is 0 Å². The number of anilines is 3. The van der Waals surface area contributed by atoms with E-state index in [1.54, 1.807) is 0 Å². The maximum Gasteiger partial charge on any atom is 0.135 e. The Labute approximate surface area is 293 Å². The van der Waals surface area contributed by atoms with E-state index in [1.807, 2.05) is 12.1 Å². The van der Waals surface area contributed by atoms with Gasteiger partial charge in [0.1, 0.15) is 11.2 Å².